The van der Waals surface area contributed by atoms with Gasteiger partial charge in [-0.2, -0.15) is 0 Å². The number of hydrogen-bond donors (Lipinski definition) is 2. The highest BCUT2D eigenvalue weighted by Gasteiger charge is 2.11. The smallest absolute Gasteiger partial charge is 0.350 e. The minimum Gasteiger partial charge on any atom is -0.368 e. The summed E-state index contributed by atoms with van der Waals surface area (Å²) < 4.78 is 15.5. The third-order valence-electron chi connectivity index (χ3n) is 2.94. The Balaban J connectivity index is 3.73. The molecule has 0 aromatic carbocycles. The molecule has 0 aliphatic heterocycles. The van der Waals surface area contributed by atoms with Crippen molar-refractivity contribution >= 4 is 7.60 Å². The van der Waals surface area contributed by atoms with Crippen molar-refractivity contribution in [3.05, 3.63) is 35.5 Å². The Hall–Kier alpha value is -0.670. The Labute approximate surface area is 128 Å². The van der Waals surface area contributed by atoms with Gasteiger partial charge in [0.15, 0.2) is 0 Å². The van der Waals surface area contributed by atoms with E-state index in [0.717, 1.165) is 31.3 Å². The van der Waals surface area contributed by atoms with Gasteiger partial charge in [0.2, 0.25) is 0 Å². The zero-order chi connectivity index (χ0) is 16.3. The van der Waals surface area contributed by atoms with Crippen LogP contribution in [-0.2, 0) is 9.30 Å². The normalized spacial score (nSPS) is 12.3. The number of allylic oxidation sites excluding steroid dienone is 4. The Bertz CT molecular complexity index is 414. The van der Waals surface area contributed by atoms with Crippen LogP contribution in [0.3, 0.4) is 0 Å². The highest BCUT2D eigenvalue weighted by Crippen LogP contribution is 2.33. The number of hydrogen-bond acceptors (Lipinski definition) is 2. The van der Waals surface area contributed by atoms with Crippen molar-refractivity contribution in [1.29, 1.82) is 0 Å². The van der Waals surface area contributed by atoms with E-state index < -0.39 is 13.9 Å². The second-order valence-electron chi connectivity index (χ2n) is 5.61. The van der Waals surface area contributed by atoms with Crippen molar-refractivity contribution in [2.24, 2.45) is 0 Å². The third-order valence-corrected chi connectivity index (χ3v) is 3.46. The van der Waals surface area contributed by atoms with Crippen LogP contribution < -0.4 is 0 Å². The molecule has 0 unspecified atom stereocenters. The molecule has 0 aromatic rings. The van der Waals surface area contributed by atoms with E-state index in [2.05, 4.69) is 39.5 Å². The predicted octanol–water partition coefficient (Wildman–Crippen LogP) is 4.56. The SMILES string of the molecule is C=C(CCC=C(C)CCC=C(C)C)CCOCP(=O)(O)O. The van der Waals surface area contributed by atoms with E-state index >= 15 is 0 Å². The summed E-state index contributed by atoms with van der Waals surface area (Å²) in [5, 5.41) is 0. The van der Waals surface area contributed by atoms with Gasteiger partial charge in [-0.25, -0.2) is 0 Å². The van der Waals surface area contributed by atoms with Crippen molar-refractivity contribution in [3.63, 3.8) is 0 Å². The molecule has 0 aliphatic carbocycles. The van der Waals surface area contributed by atoms with E-state index in [4.69, 9.17) is 14.5 Å². The van der Waals surface area contributed by atoms with E-state index in [0.29, 0.717) is 13.0 Å². The predicted molar refractivity (Wildman–Crippen MR) is 88.3 cm³/mol. The van der Waals surface area contributed by atoms with Crippen LogP contribution in [0.15, 0.2) is 35.5 Å². The van der Waals surface area contributed by atoms with Crippen LogP contribution in [0.1, 0.15) is 52.9 Å². The summed E-state index contributed by atoms with van der Waals surface area (Å²) in [5.74, 6) is 0. The van der Waals surface area contributed by atoms with Gasteiger partial charge in [0, 0.05) is 0 Å². The van der Waals surface area contributed by atoms with Crippen LogP contribution in [0.4, 0.5) is 0 Å². The monoisotopic (exact) mass is 316 g/mol. The lowest BCUT2D eigenvalue weighted by Crippen LogP contribution is -1.98. The van der Waals surface area contributed by atoms with Crippen molar-refractivity contribution < 1.29 is 19.1 Å². The Morgan fingerprint density at radius 2 is 1.71 bits per heavy atom. The molecule has 0 fully saturated rings. The van der Waals surface area contributed by atoms with E-state index in [9.17, 15) is 4.57 Å². The molecule has 0 amide bonds. The minimum absolute atomic E-state index is 0.313. The first kappa shape index (κ1) is 20.3. The number of rotatable bonds is 11. The molecule has 0 atom stereocenters. The summed E-state index contributed by atoms with van der Waals surface area (Å²) in [7, 11) is -4.04. The molecule has 0 radical (unpaired) electrons. The molecule has 2 N–H and O–H groups in total. The third kappa shape index (κ3) is 15.5. The van der Waals surface area contributed by atoms with Gasteiger partial charge in [0.1, 0.15) is 6.35 Å². The lowest BCUT2D eigenvalue weighted by molar-refractivity contribution is 0.159. The molecule has 122 valence electrons. The average Bonchev–Trinajstić information content (AvgIpc) is 2.33. The summed E-state index contributed by atoms with van der Waals surface area (Å²) in [4.78, 5) is 17.3. The van der Waals surface area contributed by atoms with Crippen molar-refractivity contribution in [2.45, 2.75) is 52.9 Å². The fraction of sp³-hybridized carbons (Fsp3) is 0.625. The molecule has 0 spiro atoms. The second kappa shape index (κ2) is 11.0. The van der Waals surface area contributed by atoms with Gasteiger partial charge >= 0.3 is 7.60 Å². The molecule has 0 aliphatic rings. The van der Waals surface area contributed by atoms with Gasteiger partial charge in [-0.15, -0.1) is 0 Å². The first-order valence-electron chi connectivity index (χ1n) is 7.28. The van der Waals surface area contributed by atoms with E-state index in [1.165, 1.54) is 11.1 Å². The molecule has 4 nitrogen and oxygen atoms in total. The summed E-state index contributed by atoms with van der Waals surface area (Å²) >= 11 is 0. The Morgan fingerprint density at radius 1 is 1.10 bits per heavy atom. The lowest BCUT2D eigenvalue weighted by Gasteiger charge is -2.07. The number of ether oxygens (including phenoxy) is 1. The van der Waals surface area contributed by atoms with Gasteiger partial charge in [-0.1, -0.05) is 35.5 Å². The first-order valence-corrected chi connectivity index (χ1v) is 9.08. The van der Waals surface area contributed by atoms with Gasteiger partial charge in [0.05, 0.1) is 6.61 Å². The largest absolute Gasteiger partial charge is 0.368 e. The molecule has 0 bridgehead atoms. The van der Waals surface area contributed by atoms with Crippen LogP contribution in [0.5, 0.6) is 0 Å². The van der Waals surface area contributed by atoms with Crippen LogP contribution in [0.2, 0.25) is 0 Å². The molecule has 0 saturated heterocycles. The zero-order valence-electron chi connectivity index (χ0n) is 13.5. The van der Waals surface area contributed by atoms with Crippen LogP contribution in [0.25, 0.3) is 0 Å². The molecule has 5 heteroatoms. The van der Waals surface area contributed by atoms with E-state index in [1.807, 2.05) is 0 Å². The minimum atomic E-state index is -4.04. The highest BCUT2D eigenvalue weighted by molar-refractivity contribution is 7.51. The molecule has 0 aromatic heterocycles. The molecule has 0 rings (SSSR count). The van der Waals surface area contributed by atoms with Crippen LogP contribution >= 0.6 is 7.60 Å². The summed E-state index contributed by atoms with van der Waals surface area (Å²) in [5.41, 5.74) is 3.79. The van der Waals surface area contributed by atoms with Crippen molar-refractivity contribution in [1.82, 2.24) is 0 Å². The second-order valence-corrected chi connectivity index (χ2v) is 7.20. The van der Waals surface area contributed by atoms with Gasteiger partial charge < -0.3 is 14.5 Å². The van der Waals surface area contributed by atoms with E-state index in [1.54, 1.807) is 0 Å². The maximum atomic E-state index is 10.6. The fourth-order valence-corrected chi connectivity index (χ4v) is 2.11. The van der Waals surface area contributed by atoms with E-state index in [-0.39, 0.29) is 0 Å². The first-order chi connectivity index (χ1) is 9.70. The molecule has 0 saturated carbocycles. The Kier molecular flexibility index (Phi) is 10.6. The standard InChI is InChI=1S/C16H29O4P/c1-14(2)7-5-8-15(3)9-6-10-16(4)11-12-20-13-21(17,18)19/h7,9H,4-6,8,10-13H2,1-3H3,(H2,17,18,19). The average molecular weight is 316 g/mol. The zero-order valence-corrected chi connectivity index (χ0v) is 14.4. The fourth-order valence-electron chi connectivity index (χ4n) is 1.74. The van der Waals surface area contributed by atoms with Gasteiger partial charge in [-0.05, 0) is 52.9 Å². The van der Waals surface area contributed by atoms with Crippen molar-refractivity contribution in [2.75, 3.05) is 13.0 Å². The summed E-state index contributed by atoms with van der Waals surface area (Å²) in [6.45, 7) is 10.6. The summed E-state index contributed by atoms with van der Waals surface area (Å²) in [6.07, 6.45) is 8.63. The van der Waals surface area contributed by atoms with Crippen LogP contribution in [-0.4, -0.2) is 22.7 Å². The van der Waals surface area contributed by atoms with Gasteiger partial charge in [0.25, 0.3) is 0 Å². The maximum Gasteiger partial charge on any atom is 0.350 e. The molecular weight excluding hydrogens is 287 g/mol. The topological polar surface area (TPSA) is 66.8 Å². The molecule has 21 heavy (non-hydrogen) atoms. The quantitative estimate of drug-likeness (QED) is 0.333. The lowest BCUT2D eigenvalue weighted by atomic mass is 10.1. The van der Waals surface area contributed by atoms with Crippen molar-refractivity contribution in [3.8, 4) is 0 Å². The molecule has 0 heterocycles. The van der Waals surface area contributed by atoms with Crippen LogP contribution in [0, 0.1) is 0 Å². The van der Waals surface area contributed by atoms with Gasteiger partial charge in [-0.3, -0.25) is 4.57 Å². The maximum absolute atomic E-state index is 10.6. The Morgan fingerprint density at radius 3 is 2.29 bits per heavy atom. The molecular formula is C16H29O4P. The highest BCUT2D eigenvalue weighted by atomic mass is 31.2. The summed E-state index contributed by atoms with van der Waals surface area (Å²) in [6, 6.07) is 0.